The highest BCUT2D eigenvalue weighted by molar-refractivity contribution is 6.19. The summed E-state index contributed by atoms with van der Waals surface area (Å²) < 4.78 is 11.8. The fourth-order valence-electron chi connectivity index (χ4n) is 10.2. The summed E-state index contributed by atoms with van der Waals surface area (Å²) in [7, 11) is 0. The molecule has 10 aromatic carbocycles. The van der Waals surface area contributed by atoms with Crippen molar-refractivity contribution in [2.75, 3.05) is 0 Å². The molecule has 65 heavy (non-hydrogen) atoms. The predicted molar refractivity (Wildman–Crippen MR) is 267 cm³/mol. The molecule has 302 valence electrons. The van der Waals surface area contributed by atoms with Crippen LogP contribution in [-0.4, -0.2) is 24.1 Å². The van der Waals surface area contributed by atoms with Crippen LogP contribution >= 0.6 is 0 Å². The second-order valence-electron chi connectivity index (χ2n) is 16.8. The minimum absolute atomic E-state index is 0.527. The van der Waals surface area contributed by atoms with Crippen LogP contribution in [0.3, 0.4) is 0 Å². The Kier molecular flexibility index (Phi) is 7.59. The summed E-state index contributed by atoms with van der Waals surface area (Å²) in [6.07, 6.45) is 0. The molecule has 0 aliphatic rings. The van der Waals surface area contributed by atoms with E-state index in [4.69, 9.17) is 19.4 Å². The lowest BCUT2D eigenvalue weighted by atomic mass is 10.0. The van der Waals surface area contributed by atoms with Crippen LogP contribution in [0.2, 0.25) is 0 Å². The number of fused-ring (bicyclic) bond motifs is 12. The third-order valence-electron chi connectivity index (χ3n) is 13.1. The van der Waals surface area contributed by atoms with E-state index >= 15 is 0 Å². The van der Waals surface area contributed by atoms with Crippen molar-refractivity contribution in [3.05, 3.63) is 212 Å². The van der Waals surface area contributed by atoms with Crippen LogP contribution in [-0.2, 0) is 0 Å². The highest BCUT2D eigenvalue weighted by Crippen LogP contribution is 2.44. The molecule has 0 unspecified atom stereocenters. The Balaban J connectivity index is 1.10. The van der Waals surface area contributed by atoms with E-state index in [1.165, 1.54) is 21.5 Å². The average molecular weight is 830 g/mol. The Labute approximate surface area is 371 Å². The maximum absolute atomic E-state index is 7.11. The zero-order valence-electron chi connectivity index (χ0n) is 34.9. The quantitative estimate of drug-likeness (QED) is 0.173. The molecule has 14 aromatic rings. The van der Waals surface area contributed by atoms with Gasteiger partial charge in [-0.1, -0.05) is 152 Å². The molecule has 0 spiro atoms. The zero-order valence-corrected chi connectivity index (χ0v) is 34.9. The van der Waals surface area contributed by atoms with Gasteiger partial charge in [0, 0.05) is 60.2 Å². The van der Waals surface area contributed by atoms with Crippen molar-refractivity contribution in [1.29, 1.82) is 0 Å². The fraction of sp³-hybridized carbons (Fsp3) is 0. The topological polar surface area (TPSA) is 61.7 Å². The van der Waals surface area contributed by atoms with E-state index in [1.807, 2.05) is 18.2 Å². The van der Waals surface area contributed by atoms with Crippen LogP contribution in [0, 0.1) is 0 Å². The summed E-state index contributed by atoms with van der Waals surface area (Å²) in [5, 5.41) is 11.2. The van der Waals surface area contributed by atoms with Gasteiger partial charge in [-0.05, 0) is 76.8 Å². The van der Waals surface area contributed by atoms with Gasteiger partial charge in [-0.3, -0.25) is 0 Å². The molecule has 14 rings (SSSR count). The average Bonchev–Trinajstić information content (AvgIpc) is 4.03. The molecule has 6 nitrogen and oxygen atoms in total. The van der Waals surface area contributed by atoms with Gasteiger partial charge in [0.2, 0.25) is 0 Å². The van der Waals surface area contributed by atoms with Gasteiger partial charge in [-0.2, -0.15) is 0 Å². The Morgan fingerprint density at radius 3 is 1.71 bits per heavy atom. The monoisotopic (exact) mass is 829 g/mol. The van der Waals surface area contributed by atoms with Gasteiger partial charge in [0.25, 0.3) is 0 Å². The van der Waals surface area contributed by atoms with Crippen molar-refractivity contribution in [2.24, 2.45) is 0 Å². The molecular formula is C59H35N5O. The van der Waals surface area contributed by atoms with Gasteiger partial charge >= 0.3 is 0 Å². The van der Waals surface area contributed by atoms with E-state index in [2.05, 4.69) is 203 Å². The number of furan rings is 1. The number of hydrogen-bond acceptors (Lipinski definition) is 4. The van der Waals surface area contributed by atoms with Gasteiger partial charge in [-0.25, -0.2) is 15.0 Å². The second-order valence-corrected chi connectivity index (χ2v) is 16.8. The maximum Gasteiger partial charge on any atom is 0.167 e. The number of hydrogen-bond donors (Lipinski definition) is 0. The summed E-state index contributed by atoms with van der Waals surface area (Å²) >= 11 is 0. The Hall–Kier alpha value is -8.87. The molecule has 0 N–H and O–H groups in total. The molecule has 4 heterocycles. The number of nitrogens with zero attached hydrogens (tertiary/aromatic N) is 5. The molecule has 0 fully saturated rings. The first-order chi connectivity index (χ1) is 32.2. The molecule has 0 saturated heterocycles. The lowest BCUT2D eigenvalue weighted by molar-refractivity contribution is 0.673. The van der Waals surface area contributed by atoms with Crippen molar-refractivity contribution in [2.45, 2.75) is 0 Å². The summed E-state index contributed by atoms with van der Waals surface area (Å²) in [5.41, 5.74) is 10.7. The van der Waals surface area contributed by atoms with E-state index < -0.39 is 0 Å². The summed E-state index contributed by atoms with van der Waals surface area (Å²) in [6.45, 7) is 0. The van der Waals surface area contributed by atoms with Crippen molar-refractivity contribution < 1.29 is 4.42 Å². The molecule has 0 aliphatic carbocycles. The van der Waals surface area contributed by atoms with Crippen LogP contribution in [0.5, 0.6) is 0 Å². The number of para-hydroxylation sites is 3. The lowest BCUT2D eigenvalue weighted by Gasteiger charge is -2.13. The third kappa shape index (κ3) is 5.38. The highest BCUT2D eigenvalue weighted by Gasteiger charge is 2.24. The van der Waals surface area contributed by atoms with Crippen LogP contribution in [0.1, 0.15) is 0 Å². The fourth-order valence-corrected chi connectivity index (χ4v) is 10.2. The molecular weight excluding hydrogens is 795 g/mol. The predicted octanol–water partition coefficient (Wildman–Crippen LogP) is 15.3. The van der Waals surface area contributed by atoms with E-state index in [0.717, 1.165) is 93.6 Å². The van der Waals surface area contributed by atoms with Gasteiger partial charge in [0.05, 0.1) is 27.6 Å². The van der Waals surface area contributed by atoms with E-state index in [1.54, 1.807) is 0 Å². The van der Waals surface area contributed by atoms with Gasteiger partial charge in [0.1, 0.15) is 11.2 Å². The molecule has 0 saturated carbocycles. The van der Waals surface area contributed by atoms with E-state index in [9.17, 15) is 0 Å². The molecule has 0 amide bonds. The first kappa shape index (κ1) is 35.7. The summed E-state index contributed by atoms with van der Waals surface area (Å²) in [6, 6.07) is 75.0. The minimum Gasteiger partial charge on any atom is -0.455 e. The zero-order chi connectivity index (χ0) is 42.6. The van der Waals surface area contributed by atoms with Crippen LogP contribution < -0.4 is 0 Å². The Morgan fingerprint density at radius 2 is 0.908 bits per heavy atom. The highest BCUT2D eigenvalue weighted by atomic mass is 16.3. The molecule has 6 heteroatoms. The standard InChI is InChI=1S/C59H35N5O/c1-3-17-37(18-4-1)57-60-58(46-26-15-29-52-54(46)45-25-12-14-28-51(45)63(52)40-21-5-2-6-22-40)62-59(61-57)49-35-41(34-48-44-31-30-36-16-9-10-23-42(36)55(44)65-56(48)49)64-50-27-13-11-24-43(50)47-32-38-19-7-8-20-39(38)33-53(47)64/h1-35H. The first-order valence-electron chi connectivity index (χ1n) is 21.9. The van der Waals surface area contributed by atoms with Gasteiger partial charge in [0.15, 0.2) is 17.5 Å². The first-order valence-corrected chi connectivity index (χ1v) is 21.9. The molecule has 4 aromatic heterocycles. The number of aromatic nitrogens is 5. The van der Waals surface area contributed by atoms with Crippen molar-refractivity contribution in [3.63, 3.8) is 0 Å². The van der Waals surface area contributed by atoms with Crippen LogP contribution in [0.4, 0.5) is 0 Å². The van der Waals surface area contributed by atoms with Crippen LogP contribution in [0.25, 0.3) is 133 Å². The minimum atomic E-state index is 0.527. The molecule has 0 radical (unpaired) electrons. The number of rotatable bonds is 5. The smallest absolute Gasteiger partial charge is 0.167 e. The van der Waals surface area contributed by atoms with Gasteiger partial charge < -0.3 is 13.6 Å². The molecule has 0 atom stereocenters. The van der Waals surface area contributed by atoms with Crippen molar-refractivity contribution in [3.8, 4) is 45.5 Å². The van der Waals surface area contributed by atoms with E-state index in [0.29, 0.717) is 17.5 Å². The Morgan fingerprint density at radius 1 is 0.308 bits per heavy atom. The van der Waals surface area contributed by atoms with E-state index in [-0.39, 0.29) is 0 Å². The number of benzene rings is 10. The normalized spacial score (nSPS) is 12.0. The van der Waals surface area contributed by atoms with Crippen molar-refractivity contribution in [1.82, 2.24) is 24.1 Å². The summed E-state index contributed by atoms with van der Waals surface area (Å²) in [4.78, 5) is 16.2. The SMILES string of the molecule is c1ccc(-c2nc(-c3cc(-n4c5ccccc5c5cc6ccccc6cc54)cc4c3oc3c5ccccc5ccc43)nc(-c3cccc4c3c3ccccc3n4-c3ccccc3)n2)cc1. The van der Waals surface area contributed by atoms with Crippen LogP contribution in [0.15, 0.2) is 217 Å². The molecule has 0 aliphatic heterocycles. The van der Waals surface area contributed by atoms with Gasteiger partial charge in [-0.15, -0.1) is 0 Å². The third-order valence-corrected chi connectivity index (χ3v) is 13.1. The molecule has 0 bridgehead atoms. The summed E-state index contributed by atoms with van der Waals surface area (Å²) in [5.74, 6) is 1.69. The largest absolute Gasteiger partial charge is 0.455 e. The second kappa shape index (κ2) is 13.8. The maximum atomic E-state index is 7.11. The Bertz CT molecular complexity index is 4240. The lowest BCUT2D eigenvalue weighted by Crippen LogP contribution is -2.02. The van der Waals surface area contributed by atoms with Crippen molar-refractivity contribution >= 4 is 87.1 Å².